The van der Waals surface area contributed by atoms with Crippen LogP contribution in [0.1, 0.15) is 23.1 Å². The van der Waals surface area contributed by atoms with Crippen LogP contribution in [0.4, 0.5) is 0 Å². The van der Waals surface area contributed by atoms with Crippen LogP contribution < -0.4 is 11.3 Å². The van der Waals surface area contributed by atoms with E-state index in [2.05, 4.69) is 45.7 Å². The maximum absolute atomic E-state index is 5.72. The highest BCUT2D eigenvalue weighted by molar-refractivity contribution is 5.83. The molecule has 3 aromatic rings. The van der Waals surface area contributed by atoms with Crippen molar-refractivity contribution in [2.75, 3.05) is 0 Å². The predicted molar refractivity (Wildman–Crippen MR) is 79.9 cm³/mol. The summed E-state index contributed by atoms with van der Waals surface area (Å²) in [6, 6.07) is 16.3. The molecule has 4 nitrogen and oxygen atoms in total. The molecule has 2 aromatic carbocycles. The Hall–Kier alpha value is -2.30. The first kappa shape index (κ1) is 12.7. The van der Waals surface area contributed by atoms with E-state index >= 15 is 0 Å². The zero-order valence-corrected chi connectivity index (χ0v) is 11.2. The van der Waals surface area contributed by atoms with Gasteiger partial charge in [-0.1, -0.05) is 36.4 Å². The third kappa shape index (κ3) is 2.39. The average Bonchev–Trinajstić information content (AvgIpc) is 2.48. The summed E-state index contributed by atoms with van der Waals surface area (Å²) in [5.41, 5.74) is 4.79. The molecule has 100 valence electrons. The van der Waals surface area contributed by atoms with Crippen LogP contribution in [-0.2, 0) is 0 Å². The van der Waals surface area contributed by atoms with E-state index in [4.69, 9.17) is 5.84 Å². The Bertz CT molecular complexity index is 739. The topological polar surface area (TPSA) is 63.8 Å². The molecule has 1 aromatic heterocycles. The zero-order chi connectivity index (χ0) is 13.9. The SMILES string of the molecule is Cc1nccc(C(NN)c2ccc3ccccc3c2)n1. The lowest BCUT2D eigenvalue weighted by molar-refractivity contribution is 0.617. The maximum Gasteiger partial charge on any atom is 0.125 e. The second kappa shape index (κ2) is 5.36. The molecule has 3 rings (SSSR count). The monoisotopic (exact) mass is 264 g/mol. The molecule has 0 radical (unpaired) electrons. The van der Waals surface area contributed by atoms with Gasteiger partial charge >= 0.3 is 0 Å². The first-order chi connectivity index (χ1) is 9.78. The molecular formula is C16H16N4. The molecule has 0 aliphatic heterocycles. The van der Waals surface area contributed by atoms with Crippen molar-refractivity contribution in [3.8, 4) is 0 Å². The largest absolute Gasteiger partial charge is 0.271 e. The smallest absolute Gasteiger partial charge is 0.125 e. The first-order valence-electron chi connectivity index (χ1n) is 6.52. The van der Waals surface area contributed by atoms with Gasteiger partial charge in [-0.2, -0.15) is 0 Å². The number of aryl methyl sites for hydroxylation is 1. The molecule has 0 spiro atoms. The fourth-order valence-corrected chi connectivity index (χ4v) is 2.37. The van der Waals surface area contributed by atoms with Gasteiger partial charge in [-0.25, -0.2) is 15.4 Å². The number of nitrogens with one attached hydrogen (secondary N) is 1. The van der Waals surface area contributed by atoms with Crippen LogP contribution in [0, 0.1) is 6.92 Å². The van der Waals surface area contributed by atoms with Crippen molar-refractivity contribution in [2.24, 2.45) is 5.84 Å². The highest BCUT2D eigenvalue weighted by Gasteiger charge is 2.14. The summed E-state index contributed by atoms with van der Waals surface area (Å²) < 4.78 is 0. The van der Waals surface area contributed by atoms with Gasteiger partial charge in [0.05, 0.1) is 11.7 Å². The van der Waals surface area contributed by atoms with Crippen molar-refractivity contribution in [1.29, 1.82) is 0 Å². The number of hydrogen-bond donors (Lipinski definition) is 2. The van der Waals surface area contributed by atoms with Crippen LogP contribution in [0.3, 0.4) is 0 Å². The van der Waals surface area contributed by atoms with E-state index in [0.717, 1.165) is 17.1 Å². The molecule has 0 aliphatic rings. The number of rotatable bonds is 3. The Morgan fingerprint density at radius 1 is 1.05 bits per heavy atom. The van der Waals surface area contributed by atoms with Crippen LogP contribution in [0.15, 0.2) is 54.7 Å². The second-order valence-corrected chi connectivity index (χ2v) is 4.73. The fourth-order valence-electron chi connectivity index (χ4n) is 2.37. The quantitative estimate of drug-likeness (QED) is 0.563. The van der Waals surface area contributed by atoms with Crippen molar-refractivity contribution in [1.82, 2.24) is 15.4 Å². The summed E-state index contributed by atoms with van der Waals surface area (Å²) in [4.78, 5) is 8.57. The standard InChI is InChI=1S/C16H16N4/c1-11-18-9-8-15(19-11)16(20-17)14-7-6-12-4-2-3-5-13(12)10-14/h2-10,16,20H,17H2,1H3. The Morgan fingerprint density at radius 2 is 1.85 bits per heavy atom. The minimum atomic E-state index is -0.138. The maximum atomic E-state index is 5.72. The lowest BCUT2D eigenvalue weighted by Gasteiger charge is -2.16. The zero-order valence-electron chi connectivity index (χ0n) is 11.2. The summed E-state index contributed by atoms with van der Waals surface area (Å²) in [5, 5.41) is 2.40. The molecular weight excluding hydrogens is 248 g/mol. The van der Waals surface area contributed by atoms with E-state index in [1.54, 1.807) is 6.20 Å². The molecule has 1 unspecified atom stereocenters. The van der Waals surface area contributed by atoms with Gasteiger partial charge in [0.2, 0.25) is 0 Å². The predicted octanol–water partition coefficient (Wildman–Crippen LogP) is 2.49. The highest BCUT2D eigenvalue weighted by Crippen LogP contribution is 2.23. The van der Waals surface area contributed by atoms with E-state index in [-0.39, 0.29) is 6.04 Å². The van der Waals surface area contributed by atoms with Crippen LogP contribution in [-0.4, -0.2) is 9.97 Å². The number of nitrogens with zero attached hydrogens (tertiary/aromatic N) is 2. The summed E-state index contributed by atoms with van der Waals surface area (Å²) in [6.45, 7) is 1.87. The molecule has 0 saturated heterocycles. The minimum Gasteiger partial charge on any atom is -0.271 e. The van der Waals surface area contributed by atoms with Crippen LogP contribution >= 0.6 is 0 Å². The normalized spacial score (nSPS) is 12.5. The third-order valence-electron chi connectivity index (χ3n) is 3.37. The van der Waals surface area contributed by atoms with Crippen molar-refractivity contribution in [2.45, 2.75) is 13.0 Å². The van der Waals surface area contributed by atoms with Crippen LogP contribution in [0.2, 0.25) is 0 Å². The van der Waals surface area contributed by atoms with Crippen molar-refractivity contribution >= 4 is 10.8 Å². The number of fused-ring (bicyclic) bond motifs is 1. The summed E-state index contributed by atoms with van der Waals surface area (Å²) in [6.07, 6.45) is 1.75. The van der Waals surface area contributed by atoms with Crippen molar-refractivity contribution in [3.63, 3.8) is 0 Å². The Morgan fingerprint density at radius 3 is 2.60 bits per heavy atom. The Kier molecular flexibility index (Phi) is 3.41. The van der Waals surface area contributed by atoms with Gasteiger partial charge in [0.1, 0.15) is 5.82 Å². The van der Waals surface area contributed by atoms with Crippen LogP contribution in [0.5, 0.6) is 0 Å². The van der Waals surface area contributed by atoms with E-state index in [1.165, 1.54) is 10.8 Å². The summed E-state index contributed by atoms with van der Waals surface area (Å²) >= 11 is 0. The summed E-state index contributed by atoms with van der Waals surface area (Å²) in [5.74, 6) is 6.46. The number of hydrogen-bond acceptors (Lipinski definition) is 4. The van der Waals surface area contributed by atoms with E-state index in [1.807, 2.05) is 25.1 Å². The molecule has 1 atom stereocenters. The molecule has 20 heavy (non-hydrogen) atoms. The van der Waals surface area contributed by atoms with Gasteiger partial charge in [0.25, 0.3) is 0 Å². The molecule has 0 bridgehead atoms. The van der Waals surface area contributed by atoms with E-state index in [0.29, 0.717) is 0 Å². The van der Waals surface area contributed by atoms with Gasteiger partial charge in [-0.3, -0.25) is 5.84 Å². The van der Waals surface area contributed by atoms with Crippen LogP contribution in [0.25, 0.3) is 10.8 Å². The van der Waals surface area contributed by atoms with Gasteiger partial charge in [-0.05, 0) is 35.4 Å². The highest BCUT2D eigenvalue weighted by atomic mass is 15.2. The molecule has 0 fully saturated rings. The average molecular weight is 264 g/mol. The van der Waals surface area contributed by atoms with Crippen molar-refractivity contribution in [3.05, 3.63) is 71.8 Å². The molecule has 0 saturated carbocycles. The second-order valence-electron chi connectivity index (χ2n) is 4.73. The first-order valence-corrected chi connectivity index (χ1v) is 6.52. The number of benzene rings is 2. The molecule has 3 N–H and O–H groups in total. The molecule has 1 heterocycles. The van der Waals surface area contributed by atoms with Crippen molar-refractivity contribution < 1.29 is 0 Å². The van der Waals surface area contributed by atoms with Gasteiger partial charge < -0.3 is 0 Å². The Balaban J connectivity index is 2.07. The summed E-state index contributed by atoms with van der Waals surface area (Å²) in [7, 11) is 0. The van der Waals surface area contributed by atoms with E-state index in [9.17, 15) is 0 Å². The lowest BCUT2D eigenvalue weighted by Crippen LogP contribution is -2.29. The fraction of sp³-hybridized carbons (Fsp3) is 0.125. The third-order valence-corrected chi connectivity index (χ3v) is 3.37. The molecule has 0 aliphatic carbocycles. The Labute approximate surface area is 117 Å². The number of aromatic nitrogens is 2. The van der Waals surface area contributed by atoms with Gasteiger partial charge in [0.15, 0.2) is 0 Å². The minimum absolute atomic E-state index is 0.138. The number of nitrogens with two attached hydrogens (primary N) is 1. The van der Waals surface area contributed by atoms with Gasteiger partial charge in [-0.15, -0.1) is 0 Å². The lowest BCUT2D eigenvalue weighted by atomic mass is 10.00. The number of hydrazine groups is 1. The molecule has 0 amide bonds. The van der Waals surface area contributed by atoms with E-state index < -0.39 is 0 Å². The molecule has 4 heteroatoms. The van der Waals surface area contributed by atoms with Gasteiger partial charge in [0, 0.05) is 6.20 Å².